The zero-order valence-electron chi connectivity index (χ0n) is 13.2. The Bertz CT molecular complexity index is 900. The molecule has 0 saturated carbocycles. The maximum absolute atomic E-state index is 9.48. The second-order valence-corrected chi connectivity index (χ2v) is 7.08. The molecule has 0 aliphatic carbocycles. The third-order valence-corrected chi connectivity index (χ3v) is 5.10. The van der Waals surface area contributed by atoms with E-state index in [1.165, 1.54) is 16.9 Å². The van der Waals surface area contributed by atoms with Crippen molar-refractivity contribution >= 4 is 38.9 Å². The lowest BCUT2D eigenvalue weighted by Gasteiger charge is -1.99. The summed E-state index contributed by atoms with van der Waals surface area (Å²) in [4.78, 5) is 4.64. The van der Waals surface area contributed by atoms with Gasteiger partial charge in [-0.15, -0.1) is 11.3 Å². The van der Waals surface area contributed by atoms with Crippen LogP contribution in [-0.2, 0) is 6.42 Å². The summed E-state index contributed by atoms with van der Waals surface area (Å²) in [6, 6.07) is 18.5. The maximum atomic E-state index is 9.48. The molecule has 2 nitrogen and oxygen atoms in total. The van der Waals surface area contributed by atoms with E-state index in [4.69, 9.17) is 0 Å². The highest BCUT2D eigenvalue weighted by molar-refractivity contribution is 9.10. The summed E-state index contributed by atoms with van der Waals surface area (Å²) in [6.45, 7) is 2.14. The Balaban J connectivity index is 1.90. The van der Waals surface area contributed by atoms with Crippen LogP contribution in [0.15, 0.2) is 58.4 Å². The molecule has 0 aliphatic rings. The van der Waals surface area contributed by atoms with Crippen molar-refractivity contribution in [3.8, 4) is 17.3 Å². The standard InChI is InChI=1S/C20H15BrN2S/c1-2-14-3-7-16(8-4-14)19-13-24-20(23-19)17(12-22)11-15-5-9-18(21)10-6-15/h3-11,13H,2H2,1H3/b17-11-. The normalized spacial score (nSPS) is 11.3. The number of aromatic nitrogens is 1. The number of benzene rings is 2. The van der Waals surface area contributed by atoms with Crippen molar-refractivity contribution in [3.05, 3.63) is 74.5 Å². The monoisotopic (exact) mass is 394 g/mol. The highest BCUT2D eigenvalue weighted by Crippen LogP contribution is 2.27. The Kier molecular flexibility index (Phi) is 5.24. The van der Waals surface area contributed by atoms with Gasteiger partial charge in [-0.05, 0) is 35.8 Å². The van der Waals surface area contributed by atoms with E-state index in [0.29, 0.717) is 5.57 Å². The molecule has 24 heavy (non-hydrogen) atoms. The zero-order chi connectivity index (χ0) is 16.9. The first-order chi connectivity index (χ1) is 11.7. The highest BCUT2D eigenvalue weighted by Gasteiger charge is 2.09. The van der Waals surface area contributed by atoms with Crippen LogP contribution in [0.2, 0.25) is 0 Å². The lowest BCUT2D eigenvalue weighted by molar-refractivity contribution is 1.14. The van der Waals surface area contributed by atoms with Gasteiger partial charge >= 0.3 is 0 Å². The molecule has 3 rings (SSSR count). The van der Waals surface area contributed by atoms with Crippen molar-refractivity contribution in [2.24, 2.45) is 0 Å². The number of allylic oxidation sites excluding steroid dienone is 1. The molecule has 0 bridgehead atoms. The van der Waals surface area contributed by atoms with E-state index < -0.39 is 0 Å². The van der Waals surface area contributed by atoms with E-state index in [1.54, 1.807) is 0 Å². The van der Waals surface area contributed by atoms with E-state index in [0.717, 1.165) is 32.7 Å². The summed E-state index contributed by atoms with van der Waals surface area (Å²) in [5, 5.41) is 12.2. The first kappa shape index (κ1) is 16.6. The average Bonchev–Trinajstić information content (AvgIpc) is 3.11. The number of hydrogen-bond donors (Lipinski definition) is 0. The predicted octanol–water partition coefficient (Wildman–Crippen LogP) is 6.20. The van der Waals surface area contributed by atoms with Crippen molar-refractivity contribution in [1.82, 2.24) is 4.98 Å². The molecule has 0 amide bonds. The molecule has 3 aromatic rings. The fourth-order valence-corrected chi connectivity index (χ4v) is 3.37. The summed E-state index contributed by atoms with van der Waals surface area (Å²) in [5.41, 5.74) is 4.87. The van der Waals surface area contributed by atoms with Crippen molar-refractivity contribution in [3.63, 3.8) is 0 Å². The molecule has 0 spiro atoms. The topological polar surface area (TPSA) is 36.7 Å². The van der Waals surface area contributed by atoms with Gasteiger partial charge < -0.3 is 0 Å². The van der Waals surface area contributed by atoms with Gasteiger partial charge in [0.25, 0.3) is 0 Å². The van der Waals surface area contributed by atoms with Gasteiger partial charge in [-0.3, -0.25) is 0 Å². The molecule has 4 heteroatoms. The first-order valence-corrected chi connectivity index (χ1v) is 9.29. The van der Waals surface area contributed by atoms with Crippen molar-refractivity contribution in [1.29, 1.82) is 5.26 Å². The molecule has 0 fully saturated rings. The largest absolute Gasteiger partial charge is 0.235 e. The van der Waals surface area contributed by atoms with Gasteiger partial charge in [-0.2, -0.15) is 5.26 Å². The van der Waals surface area contributed by atoms with Crippen molar-refractivity contribution < 1.29 is 0 Å². The molecular formula is C20H15BrN2S. The fourth-order valence-electron chi connectivity index (χ4n) is 2.31. The molecule has 2 aromatic carbocycles. The minimum atomic E-state index is 0.582. The van der Waals surface area contributed by atoms with E-state index in [-0.39, 0.29) is 0 Å². The first-order valence-electron chi connectivity index (χ1n) is 7.62. The number of nitriles is 1. The van der Waals surface area contributed by atoms with E-state index in [2.05, 4.69) is 58.2 Å². The molecule has 0 N–H and O–H groups in total. The molecule has 1 aromatic heterocycles. The lowest BCUT2D eigenvalue weighted by Crippen LogP contribution is -1.84. The quantitative estimate of drug-likeness (QED) is 0.493. The molecule has 0 aliphatic heterocycles. The highest BCUT2D eigenvalue weighted by atomic mass is 79.9. The molecule has 0 atom stereocenters. The second-order valence-electron chi connectivity index (χ2n) is 5.31. The van der Waals surface area contributed by atoms with Crippen LogP contribution in [-0.4, -0.2) is 4.98 Å². The number of aryl methyl sites for hydroxylation is 1. The smallest absolute Gasteiger partial charge is 0.134 e. The van der Waals surface area contributed by atoms with Gasteiger partial charge in [-0.1, -0.05) is 59.3 Å². The Hall–Kier alpha value is -2.22. The van der Waals surface area contributed by atoms with Crippen LogP contribution in [0.1, 0.15) is 23.1 Å². The number of hydrogen-bond acceptors (Lipinski definition) is 3. The van der Waals surface area contributed by atoms with E-state index >= 15 is 0 Å². The van der Waals surface area contributed by atoms with Crippen LogP contribution in [0.5, 0.6) is 0 Å². The molecular weight excluding hydrogens is 380 g/mol. The van der Waals surface area contributed by atoms with Crippen LogP contribution in [0, 0.1) is 11.3 Å². The Morgan fingerprint density at radius 1 is 1.17 bits per heavy atom. The zero-order valence-corrected chi connectivity index (χ0v) is 15.6. The van der Waals surface area contributed by atoms with Crippen LogP contribution < -0.4 is 0 Å². The number of halogens is 1. The van der Waals surface area contributed by atoms with E-state index in [1.807, 2.05) is 35.7 Å². The summed E-state index contributed by atoms with van der Waals surface area (Å²) in [7, 11) is 0. The number of nitrogens with zero attached hydrogens (tertiary/aromatic N) is 2. The third kappa shape index (κ3) is 3.81. The molecule has 0 saturated heterocycles. The van der Waals surface area contributed by atoms with Gasteiger partial charge in [0.15, 0.2) is 0 Å². The maximum Gasteiger partial charge on any atom is 0.134 e. The van der Waals surface area contributed by atoms with Crippen molar-refractivity contribution in [2.75, 3.05) is 0 Å². The van der Waals surface area contributed by atoms with Crippen LogP contribution in [0.4, 0.5) is 0 Å². The second kappa shape index (κ2) is 7.57. The molecule has 0 radical (unpaired) electrons. The number of rotatable bonds is 4. The van der Waals surface area contributed by atoms with Gasteiger partial charge in [0.1, 0.15) is 11.1 Å². The summed E-state index contributed by atoms with van der Waals surface area (Å²) in [6.07, 6.45) is 2.90. The summed E-state index contributed by atoms with van der Waals surface area (Å²) >= 11 is 4.92. The summed E-state index contributed by atoms with van der Waals surface area (Å²) in [5.74, 6) is 0. The molecule has 118 valence electrons. The number of thiazole rings is 1. The van der Waals surface area contributed by atoms with Crippen molar-refractivity contribution in [2.45, 2.75) is 13.3 Å². The van der Waals surface area contributed by atoms with Gasteiger partial charge in [0.2, 0.25) is 0 Å². The van der Waals surface area contributed by atoms with Crippen LogP contribution in [0.3, 0.4) is 0 Å². The lowest BCUT2D eigenvalue weighted by atomic mass is 10.1. The van der Waals surface area contributed by atoms with Crippen LogP contribution >= 0.6 is 27.3 Å². The Morgan fingerprint density at radius 2 is 1.88 bits per heavy atom. The van der Waals surface area contributed by atoms with Gasteiger partial charge in [0, 0.05) is 15.4 Å². The Morgan fingerprint density at radius 3 is 2.50 bits per heavy atom. The average molecular weight is 395 g/mol. The molecule has 0 unspecified atom stereocenters. The van der Waals surface area contributed by atoms with Gasteiger partial charge in [0.05, 0.1) is 11.3 Å². The SMILES string of the molecule is CCc1ccc(-c2csc(/C(C#N)=C\c3ccc(Br)cc3)n2)cc1. The third-order valence-electron chi connectivity index (χ3n) is 3.69. The van der Waals surface area contributed by atoms with Crippen LogP contribution in [0.25, 0.3) is 22.9 Å². The van der Waals surface area contributed by atoms with Gasteiger partial charge in [-0.25, -0.2) is 4.98 Å². The Labute approximate surface area is 154 Å². The predicted molar refractivity (Wildman–Crippen MR) is 105 cm³/mol. The minimum absolute atomic E-state index is 0.582. The fraction of sp³-hybridized carbons (Fsp3) is 0.100. The summed E-state index contributed by atoms with van der Waals surface area (Å²) < 4.78 is 1.02. The van der Waals surface area contributed by atoms with E-state index in [9.17, 15) is 5.26 Å². The molecule has 1 heterocycles. The minimum Gasteiger partial charge on any atom is -0.235 e.